The Morgan fingerprint density at radius 2 is 2.30 bits per heavy atom. The van der Waals surface area contributed by atoms with Crippen molar-refractivity contribution in [3.05, 3.63) is 30.1 Å². The average molecular weight is 320 g/mol. The van der Waals surface area contributed by atoms with Crippen LogP contribution in [0.3, 0.4) is 0 Å². The number of hydrogen-bond donors (Lipinski definition) is 3. The Morgan fingerprint density at radius 1 is 1.52 bits per heavy atom. The first-order valence-electron chi connectivity index (χ1n) is 7.35. The number of carbonyl (C=O) groups is 2. The Bertz CT molecular complexity index is 693. The van der Waals surface area contributed by atoms with Gasteiger partial charge in [-0.25, -0.2) is 14.0 Å². The monoisotopic (exact) mass is 320 g/mol. The fourth-order valence-electron chi connectivity index (χ4n) is 3.41. The topological polar surface area (TPSA) is 94.0 Å². The number of nitrogens with zero attached hydrogens (tertiary/aromatic N) is 2. The lowest BCUT2D eigenvalue weighted by Gasteiger charge is -2.42. The van der Waals surface area contributed by atoms with Crippen LogP contribution in [0.15, 0.2) is 29.3 Å². The first-order chi connectivity index (χ1) is 10.9. The molecule has 2 aliphatic heterocycles. The van der Waals surface area contributed by atoms with Crippen LogP contribution in [-0.4, -0.2) is 41.2 Å². The average Bonchev–Trinajstić information content (AvgIpc) is 2.69. The van der Waals surface area contributed by atoms with Crippen molar-refractivity contribution in [2.24, 2.45) is 4.99 Å². The summed E-state index contributed by atoms with van der Waals surface area (Å²) in [4.78, 5) is 28.5. The van der Waals surface area contributed by atoms with Crippen molar-refractivity contribution < 1.29 is 19.1 Å². The van der Waals surface area contributed by atoms with Crippen LogP contribution in [0, 0.1) is 5.82 Å². The smallest absolute Gasteiger partial charge is 0.432 e. The number of hydrogen-bond acceptors (Lipinski definition) is 3. The van der Waals surface area contributed by atoms with Crippen LogP contribution >= 0.6 is 0 Å². The van der Waals surface area contributed by atoms with Gasteiger partial charge in [0.2, 0.25) is 0 Å². The second kappa shape index (κ2) is 5.62. The van der Waals surface area contributed by atoms with E-state index < -0.39 is 23.5 Å². The standard InChI is InChI=1S/C15H17FN4O3/c1-9-8-15(5-6-17-9)12(19-14(22)23)18-13(21)20(15)11-4-2-3-10(16)7-11/h2-4,7,9,17H,5-6,8H2,1H3,(H,22,23)(H,18,19,21)/t9-,15+/m0/s1. The molecule has 0 radical (unpaired) electrons. The predicted octanol–water partition coefficient (Wildman–Crippen LogP) is 1.94. The van der Waals surface area contributed by atoms with Gasteiger partial charge in [-0.3, -0.25) is 10.2 Å². The highest BCUT2D eigenvalue weighted by Gasteiger charge is 2.53. The Hall–Kier alpha value is -2.48. The van der Waals surface area contributed by atoms with Crippen molar-refractivity contribution in [2.75, 3.05) is 11.4 Å². The maximum atomic E-state index is 13.6. The van der Waals surface area contributed by atoms with E-state index in [4.69, 9.17) is 5.11 Å². The number of amidine groups is 1. The van der Waals surface area contributed by atoms with Crippen molar-refractivity contribution in [1.82, 2.24) is 10.6 Å². The van der Waals surface area contributed by atoms with Gasteiger partial charge in [-0.05, 0) is 44.5 Å². The molecule has 0 aromatic heterocycles. The molecule has 0 aliphatic carbocycles. The molecule has 122 valence electrons. The number of rotatable bonds is 1. The third-order valence-corrected chi connectivity index (χ3v) is 4.25. The highest BCUT2D eigenvalue weighted by atomic mass is 19.1. The van der Waals surface area contributed by atoms with E-state index in [-0.39, 0.29) is 11.9 Å². The van der Waals surface area contributed by atoms with E-state index in [2.05, 4.69) is 15.6 Å². The normalized spacial score (nSPS) is 29.1. The van der Waals surface area contributed by atoms with Crippen molar-refractivity contribution >= 4 is 23.6 Å². The maximum absolute atomic E-state index is 13.6. The number of anilines is 1. The molecule has 0 bridgehead atoms. The molecular weight excluding hydrogens is 303 g/mol. The molecule has 2 aliphatic rings. The van der Waals surface area contributed by atoms with Gasteiger partial charge in [-0.2, -0.15) is 4.99 Å². The first kappa shape index (κ1) is 15.4. The summed E-state index contributed by atoms with van der Waals surface area (Å²) in [6.45, 7) is 2.55. The third kappa shape index (κ3) is 2.65. The summed E-state index contributed by atoms with van der Waals surface area (Å²) in [5.74, 6) is -0.358. The van der Waals surface area contributed by atoms with Crippen LogP contribution in [0.1, 0.15) is 19.8 Å². The predicted molar refractivity (Wildman–Crippen MR) is 82.3 cm³/mol. The Kier molecular flexibility index (Phi) is 3.77. The molecule has 1 aromatic rings. The second-order valence-corrected chi connectivity index (χ2v) is 5.83. The SMILES string of the molecule is C[C@H]1C[C@]2(CCN1)C(=NC(=O)O)NC(=O)N2c1cccc(F)c1. The molecular formula is C15H17FN4O3. The molecule has 23 heavy (non-hydrogen) atoms. The molecule has 2 saturated heterocycles. The van der Waals surface area contributed by atoms with Crippen LogP contribution < -0.4 is 15.5 Å². The van der Waals surface area contributed by atoms with E-state index in [1.54, 1.807) is 6.07 Å². The van der Waals surface area contributed by atoms with Crippen LogP contribution in [0.25, 0.3) is 0 Å². The largest absolute Gasteiger partial charge is 0.463 e. The molecule has 3 rings (SSSR count). The molecule has 2 heterocycles. The zero-order valence-corrected chi connectivity index (χ0v) is 12.5. The molecule has 2 atom stereocenters. The number of carbonyl (C=O) groups excluding carboxylic acids is 1. The summed E-state index contributed by atoms with van der Waals surface area (Å²) < 4.78 is 13.6. The number of nitrogens with one attached hydrogen (secondary N) is 2. The number of piperidine rings is 1. The fraction of sp³-hybridized carbons (Fsp3) is 0.400. The van der Waals surface area contributed by atoms with Crippen LogP contribution in [0.5, 0.6) is 0 Å². The highest BCUT2D eigenvalue weighted by Crippen LogP contribution is 2.37. The lowest BCUT2D eigenvalue weighted by molar-refractivity contribution is 0.205. The van der Waals surface area contributed by atoms with Crippen molar-refractivity contribution in [3.8, 4) is 0 Å². The minimum Gasteiger partial charge on any atom is -0.463 e. The van der Waals surface area contributed by atoms with Gasteiger partial charge >= 0.3 is 12.1 Å². The summed E-state index contributed by atoms with van der Waals surface area (Å²) in [6.07, 6.45) is -0.403. The van der Waals surface area contributed by atoms with Gasteiger partial charge in [0.25, 0.3) is 0 Å². The summed E-state index contributed by atoms with van der Waals surface area (Å²) >= 11 is 0. The summed E-state index contributed by atoms with van der Waals surface area (Å²) in [6, 6.07) is 5.26. The maximum Gasteiger partial charge on any atom is 0.432 e. The van der Waals surface area contributed by atoms with E-state index in [9.17, 15) is 14.0 Å². The molecule has 8 heteroatoms. The van der Waals surface area contributed by atoms with E-state index in [1.807, 2.05) is 6.92 Å². The Balaban J connectivity index is 2.12. The summed E-state index contributed by atoms with van der Waals surface area (Å²) in [5.41, 5.74) is -0.527. The molecule has 7 nitrogen and oxygen atoms in total. The van der Waals surface area contributed by atoms with E-state index in [0.29, 0.717) is 25.1 Å². The number of halogens is 1. The molecule has 0 saturated carbocycles. The lowest BCUT2D eigenvalue weighted by atomic mass is 9.82. The number of aliphatic imine (C=N–C) groups is 1. The van der Waals surface area contributed by atoms with Gasteiger partial charge in [0.15, 0.2) is 0 Å². The molecule has 0 unspecified atom stereocenters. The molecule has 3 amide bonds. The molecule has 1 aromatic carbocycles. The lowest BCUT2D eigenvalue weighted by Crippen LogP contribution is -2.58. The minimum atomic E-state index is -1.37. The van der Waals surface area contributed by atoms with Crippen LogP contribution in [0.4, 0.5) is 19.7 Å². The first-order valence-corrected chi connectivity index (χ1v) is 7.35. The number of benzene rings is 1. The Labute approximate surface area is 132 Å². The van der Waals surface area contributed by atoms with Crippen molar-refractivity contribution in [3.63, 3.8) is 0 Å². The quantitative estimate of drug-likeness (QED) is 0.737. The number of urea groups is 1. The van der Waals surface area contributed by atoms with Crippen LogP contribution in [-0.2, 0) is 0 Å². The van der Waals surface area contributed by atoms with E-state index >= 15 is 0 Å². The highest BCUT2D eigenvalue weighted by molar-refractivity contribution is 6.20. The summed E-state index contributed by atoms with van der Waals surface area (Å²) in [5, 5.41) is 14.8. The van der Waals surface area contributed by atoms with Gasteiger partial charge in [-0.15, -0.1) is 0 Å². The second-order valence-electron chi connectivity index (χ2n) is 5.83. The van der Waals surface area contributed by atoms with Crippen LogP contribution in [0.2, 0.25) is 0 Å². The van der Waals surface area contributed by atoms with Gasteiger partial charge in [0, 0.05) is 11.7 Å². The Morgan fingerprint density at radius 3 is 2.96 bits per heavy atom. The van der Waals surface area contributed by atoms with Crippen molar-refractivity contribution in [1.29, 1.82) is 0 Å². The van der Waals surface area contributed by atoms with Gasteiger partial charge in [-0.1, -0.05) is 6.07 Å². The zero-order chi connectivity index (χ0) is 16.6. The molecule has 2 fully saturated rings. The third-order valence-electron chi connectivity index (χ3n) is 4.25. The number of amides is 3. The summed E-state index contributed by atoms with van der Waals surface area (Å²) in [7, 11) is 0. The van der Waals surface area contributed by atoms with Gasteiger partial charge < -0.3 is 10.4 Å². The van der Waals surface area contributed by atoms with E-state index in [0.717, 1.165) is 0 Å². The minimum absolute atomic E-state index is 0.0616. The van der Waals surface area contributed by atoms with Crippen molar-refractivity contribution in [2.45, 2.75) is 31.3 Å². The van der Waals surface area contributed by atoms with E-state index in [1.165, 1.54) is 23.1 Å². The molecule has 3 N–H and O–H groups in total. The zero-order valence-electron chi connectivity index (χ0n) is 12.5. The van der Waals surface area contributed by atoms with Gasteiger partial charge in [0.1, 0.15) is 17.2 Å². The fourth-order valence-corrected chi connectivity index (χ4v) is 3.41. The molecule has 1 spiro atoms. The number of carboxylic acid groups (broad SMARTS) is 1. The van der Waals surface area contributed by atoms with Gasteiger partial charge in [0.05, 0.1) is 0 Å².